The molecule has 3 heteroatoms. The first kappa shape index (κ1) is 10.9. The molecule has 0 spiro atoms. The Morgan fingerprint density at radius 2 is 2.00 bits per heavy atom. The molecule has 1 aliphatic carbocycles. The first-order valence-corrected chi connectivity index (χ1v) is 4.99. The molecule has 1 fully saturated rings. The fraction of sp³-hybridized carbons (Fsp3) is 1.00. The molecule has 0 radical (unpaired) electrons. The smallest absolute Gasteiger partial charge is 0.256 e. The predicted molar refractivity (Wildman–Crippen MR) is 49.8 cm³/mol. The van der Waals surface area contributed by atoms with Gasteiger partial charge in [-0.3, -0.25) is 0 Å². The van der Waals surface area contributed by atoms with Gasteiger partial charge in [0.15, 0.2) is 0 Å². The van der Waals surface area contributed by atoms with Crippen LogP contribution >= 0.6 is 0 Å². The molecule has 0 aromatic rings. The van der Waals surface area contributed by atoms with E-state index < -0.39 is 12.0 Å². The Labute approximate surface area is 78.7 Å². The normalized spacial score (nSPS) is 25.4. The van der Waals surface area contributed by atoms with Crippen LogP contribution in [-0.2, 0) is 0 Å². The quantitative estimate of drug-likeness (QED) is 0.726. The Balaban J connectivity index is 2.55. The van der Waals surface area contributed by atoms with Crippen molar-refractivity contribution in [3.63, 3.8) is 0 Å². The average Bonchev–Trinajstić information content (AvgIpc) is 1.96. The van der Waals surface area contributed by atoms with Gasteiger partial charge in [-0.05, 0) is 31.6 Å². The molecule has 1 nitrogen and oxygen atoms in total. The van der Waals surface area contributed by atoms with Crippen LogP contribution in [0.1, 0.15) is 46.0 Å². The van der Waals surface area contributed by atoms with Crippen molar-refractivity contribution in [2.24, 2.45) is 11.1 Å². The lowest BCUT2D eigenvalue weighted by atomic mass is 9.61. The fourth-order valence-corrected chi connectivity index (χ4v) is 2.22. The van der Waals surface area contributed by atoms with Crippen LogP contribution in [0.5, 0.6) is 0 Å². The van der Waals surface area contributed by atoms with E-state index in [1.807, 2.05) is 0 Å². The van der Waals surface area contributed by atoms with E-state index >= 15 is 0 Å². The van der Waals surface area contributed by atoms with Gasteiger partial charge in [0, 0.05) is 0 Å². The molecular formula is C10H19F2N. The van der Waals surface area contributed by atoms with E-state index in [-0.39, 0.29) is 5.41 Å². The van der Waals surface area contributed by atoms with Crippen LogP contribution in [0.25, 0.3) is 0 Å². The zero-order valence-electron chi connectivity index (χ0n) is 8.45. The van der Waals surface area contributed by atoms with Crippen LogP contribution in [0.2, 0.25) is 0 Å². The van der Waals surface area contributed by atoms with Gasteiger partial charge in [0.1, 0.15) is 0 Å². The topological polar surface area (TPSA) is 26.0 Å². The number of halogens is 2. The maximum absolute atomic E-state index is 12.5. The van der Waals surface area contributed by atoms with Gasteiger partial charge in [-0.1, -0.05) is 19.8 Å². The SMILES string of the molecule is CCC1(CC(C)(N)C(F)F)CCC1. The van der Waals surface area contributed by atoms with E-state index in [4.69, 9.17) is 5.73 Å². The van der Waals surface area contributed by atoms with Crippen LogP contribution in [0, 0.1) is 5.41 Å². The zero-order chi connectivity index (χ0) is 10.1. The van der Waals surface area contributed by atoms with E-state index in [0.717, 1.165) is 19.3 Å². The third kappa shape index (κ3) is 2.19. The van der Waals surface area contributed by atoms with Gasteiger partial charge in [0.2, 0.25) is 0 Å². The van der Waals surface area contributed by atoms with Crippen molar-refractivity contribution in [1.82, 2.24) is 0 Å². The minimum Gasteiger partial charge on any atom is -0.321 e. The molecular weight excluding hydrogens is 172 g/mol. The summed E-state index contributed by atoms with van der Waals surface area (Å²) in [5.74, 6) is 0. The van der Waals surface area contributed by atoms with Crippen molar-refractivity contribution in [3.8, 4) is 0 Å². The lowest BCUT2D eigenvalue weighted by molar-refractivity contribution is 0.000474. The minimum absolute atomic E-state index is 0.125. The van der Waals surface area contributed by atoms with Crippen LogP contribution in [-0.4, -0.2) is 12.0 Å². The van der Waals surface area contributed by atoms with Crippen molar-refractivity contribution < 1.29 is 8.78 Å². The van der Waals surface area contributed by atoms with Gasteiger partial charge in [0.05, 0.1) is 5.54 Å². The summed E-state index contributed by atoms with van der Waals surface area (Å²) in [5.41, 5.74) is 4.41. The molecule has 0 aromatic heterocycles. The molecule has 0 heterocycles. The van der Waals surface area contributed by atoms with Gasteiger partial charge < -0.3 is 5.73 Å². The first-order valence-electron chi connectivity index (χ1n) is 4.99. The van der Waals surface area contributed by atoms with Gasteiger partial charge in [-0.15, -0.1) is 0 Å². The lowest BCUT2D eigenvalue weighted by Gasteiger charge is -2.45. The predicted octanol–water partition coefficient (Wildman–Crippen LogP) is 2.94. The monoisotopic (exact) mass is 191 g/mol. The first-order chi connectivity index (χ1) is 5.92. The van der Waals surface area contributed by atoms with E-state index in [0.29, 0.717) is 6.42 Å². The summed E-state index contributed by atoms with van der Waals surface area (Å²) in [4.78, 5) is 0. The Hall–Kier alpha value is -0.180. The lowest BCUT2D eigenvalue weighted by Crippen LogP contribution is -2.49. The number of hydrogen-bond donors (Lipinski definition) is 1. The van der Waals surface area contributed by atoms with E-state index in [9.17, 15) is 8.78 Å². The minimum atomic E-state index is -2.41. The molecule has 1 atom stereocenters. The Bertz CT molecular complexity index is 168. The van der Waals surface area contributed by atoms with Crippen molar-refractivity contribution in [2.75, 3.05) is 0 Å². The van der Waals surface area contributed by atoms with Gasteiger partial charge >= 0.3 is 0 Å². The largest absolute Gasteiger partial charge is 0.321 e. The molecule has 0 amide bonds. The number of nitrogens with two attached hydrogens (primary N) is 1. The Morgan fingerprint density at radius 3 is 2.23 bits per heavy atom. The Kier molecular flexibility index (Phi) is 2.95. The van der Waals surface area contributed by atoms with Crippen LogP contribution < -0.4 is 5.73 Å². The fourth-order valence-electron chi connectivity index (χ4n) is 2.22. The molecule has 0 bridgehead atoms. The zero-order valence-corrected chi connectivity index (χ0v) is 8.45. The van der Waals surface area contributed by atoms with E-state index in [1.54, 1.807) is 0 Å². The summed E-state index contributed by atoms with van der Waals surface area (Å²) in [6, 6.07) is 0. The third-order valence-electron chi connectivity index (χ3n) is 3.42. The second-order valence-electron chi connectivity index (χ2n) is 4.69. The van der Waals surface area contributed by atoms with Crippen molar-refractivity contribution >= 4 is 0 Å². The summed E-state index contributed by atoms with van der Waals surface area (Å²) in [6.07, 6.45) is 2.36. The second kappa shape index (κ2) is 3.52. The summed E-state index contributed by atoms with van der Waals surface area (Å²) in [6.45, 7) is 3.54. The summed E-state index contributed by atoms with van der Waals surface area (Å²) < 4.78 is 25.0. The number of rotatable bonds is 4. The molecule has 1 saturated carbocycles. The number of hydrogen-bond acceptors (Lipinski definition) is 1. The molecule has 0 saturated heterocycles. The molecule has 1 aliphatic rings. The van der Waals surface area contributed by atoms with E-state index in [2.05, 4.69) is 6.92 Å². The third-order valence-corrected chi connectivity index (χ3v) is 3.42. The summed E-state index contributed by atoms with van der Waals surface area (Å²) >= 11 is 0. The summed E-state index contributed by atoms with van der Waals surface area (Å²) in [7, 11) is 0. The highest BCUT2D eigenvalue weighted by molar-refractivity contribution is 4.95. The Morgan fingerprint density at radius 1 is 1.46 bits per heavy atom. The average molecular weight is 191 g/mol. The van der Waals surface area contributed by atoms with E-state index in [1.165, 1.54) is 13.3 Å². The van der Waals surface area contributed by atoms with Crippen molar-refractivity contribution in [3.05, 3.63) is 0 Å². The highest BCUT2D eigenvalue weighted by Gasteiger charge is 2.43. The van der Waals surface area contributed by atoms with Crippen LogP contribution in [0.15, 0.2) is 0 Å². The van der Waals surface area contributed by atoms with Crippen LogP contribution in [0.4, 0.5) is 8.78 Å². The standard InChI is InChI=1S/C10H19F2N/c1-3-10(5-4-6-10)7-9(2,13)8(11)12/h8H,3-7,13H2,1-2H3. The molecule has 0 aromatic carbocycles. The molecule has 1 unspecified atom stereocenters. The molecule has 78 valence electrons. The van der Waals surface area contributed by atoms with Gasteiger partial charge in [0.25, 0.3) is 6.43 Å². The highest BCUT2D eigenvalue weighted by atomic mass is 19.3. The molecule has 0 aliphatic heterocycles. The van der Waals surface area contributed by atoms with Crippen molar-refractivity contribution in [1.29, 1.82) is 0 Å². The summed E-state index contributed by atoms with van der Waals surface area (Å²) in [5, 5.41) is 0. The van der Waals surface area contributed by atoms with Crippen molar-refractivity contribution in [2.45, 2.75) is 57.9 Å². The van der Waals surface area contributed by atoms with Crippen LogP contribution in [0.3, 0.4) is 0 Å². The van der Waals surface area contributed by atoms with Gasteiger partial charge in [-0.2, -0.15) is 0 Å². The highest BCUT2D eigenvalue weighted by Crippen LogP contribution is 2.49. The molecule has 13 heavy (non-hydrogen) atoms. The second-order valence-corrected chi connectivity index (χ2v) is 4.69. The maximum atomic E-state index is 12.5. The molecule has 2 N–H and O–H groups in total. The van der Waals surface area contributed by atoms with Gasteiger partial charge in [-0.25, -0.2) is 8.78 Å². The molecule has 1 rings (SSSR count). The maximum Gasteiger partial charge on any atom is 0.256 e. The number of alkyl halides is 2.